The van der Waals surface area contributed by atoms with Gasteiger partial charge < -0.3 is 0 Å². The standard InChI is InChI=1S/C15H21N3O2/c1-11-8-13(10-15(2,3)9-11)17-16-12-4-6-14(7-5-12)18(19)20/h4-7,11,16H,8-10H2,1-3H3/b17-13+. The van der Waals surface area contributed by atoms with Gasteiger partial charge in [-0.15, -0.1) is 0 Å². The van der Waals surface area contributed by atoms with Crippen molar-refractivity contribution < 1.29 is 4.92 Å². The summed E-state index contributed by atoms with van der Waals surface area (Å²) < 4.78 is 0. The number of anilines is 1. The van der Waals surface area contributed by atoms with Crippen molar-refractivity contribution in [3.63, 3.8) is 0 Å². The number of hydrogen-bond acceptors (Lipinski definition) is 4. The first-order valence-corrected chi connectivity index (χ1v) is 6.92. The van der Waals surface area contributed by atoms with E-state index < -0.39 is 4.92 Å². The first-order chi connectivity index (χ1) is 9.35. The van der Waals surface area contributed by atoms with Gasteiger partial charge in [0.05, 0.1) is 10.6 Å². The van der Waals surface area contributed by atoms with Crippen LogP contribution in [0, 0.1) is 21.4 Å². The van der Waals surface area contributed by atoms with Gasteiger partial charge >= 0.3 is 0 Å². The first-order valence-electron chi connectivity index (χ1n) is 6.92. The van der Waals surface area contributed by atoms with E-state index in [9.17, 15) is 10.1 Å². The molecule has 0 spiro atoms. The Kier molecular flexibility index (Phi) is 4.06. The summed E-state index contributed by atoms with van der Waals surface area (Å²) in [6, 6.07) is 6.32. The average molecular weight is 275 g/mol. The molecule has 5 nitrogen and oxygen atoms in total. The Hall–Kier alpha value is -1.91. The number of nitrogens with one attached hydrogen (secondary N) is 1. The molecule has 2 rings (SSSR count). The number of non-ortho nitro benzene ring substituents is 1. The summed E-state index contributed by atoms with van der Waals surface area (Å²) >= 11 is 0. The third-order valence-electron chi connectivity index (χ3n) is 3.59. The fourth-order valence-electron chi connectivity index (χ4n) is 3.00. The third kappa shape index (κ3) is 3.79. The van der Waals surface area contributed by atoms with Crippen molar-refractivity contribution in [2.75, 3.05) is 5.43 Å². The quantitative estimate of drug-likeness (QED) is 0.663. The van der Waals surface area contributed by atoms with Gasteiger partial charge in [0.15, 0.2) is 0 Å². The summed E-state index contributed by atoms with van der Waals surface area (Å²) in [6.07, 6.45) is 3.24. The fourth-order valence-corrected chi connectivity index (χ4v) is 3.00. The summed E-state index contributed by atoms with van der Waals surface area (Å²) in [5, 5.41) is 15.1. The maximum Gasteiger partial charge on any atom is 0.269 e. The van der Waals surface area contributed by atoms with E-state index in [2.05, 4.69) is 31.3 Å². The maximum absolute atomic E-state index is 10.6. The second-order valence-electron chi connectivity index (χ2n) is 6.45. The van der Waals surface area contributed by atoms with Crippen molar-refractivity contribution in [2.24, 2.45) is 16.4 Å². The van der Waals surface area contributed by atoms with Crippen molar-refractivity contribution >= 4 is 17.1 Å². The molecule has 1 aromatic rings. The molecule has 20 heavy (non-hydrogen) atoms. The third-order valence-corrected chi connectivity index (χ3v) is 3.59. The number of nitrogens with zero attached hydrogens (tertiary/aromatic N) is 2. The van der Waals surface area contributed by atoms with Crippen LogP contribution in [0.25, 0.3) is 0 Å². The minimum atomic E-state index is -0.402. The molecule has 1 aliphatic rings. The summed E-state index contributed by atoms with van der Waals surface area (Å²) in [4.78, 5) is 10.2. The zero-order chi connectivity index (χ0) is 14.8. The molecule has 0 amide bonds. The van der Waals surface area contributed by atoms with Crippen LogP contribution in [-0.2, 0) is 0 Å². The highest BCUT2D eigenvalue weighted by atomic mass is 16.6. The number of hydrogen-bond donors (Lipinski definition) is 1. The monoisotopic (exact) mass is 275 g/mol. The summed E-state index contributed by atoms with van der Waals surface area (Å²) in [5.74, 6) is 0.649. The van der Waals surface area contributed by atoms with Gasteiger partial charge in [0.2, 0.25) is 0 Å². The molecular formula is C15H21N3O2. The normalized spacial score (nSPS) is 23.6. The van der Waals surface area contributed by atoms with E-state index in [1.165, 1.54) is 24.3 Å². The lowest BCUT2D eigenvalue weighted by atomic mass is 9.72. The zero-order valence-electron chi connectivity index (χ0n) is 12.2. The second-order valence-corrected chi connectivity index (χ2v) is 6.45. The van der Waals surface area contributed by atoms with E-state index in [4.69, 9.17) is 0 Å². The Bertz CT molecular complexity index is 520. The molecule has 0 saturated heterocycles. The van der Waals surface area contributed by atoms with Crippen LogP contribution in [0.15, 0.2) is 29.4 Å². The Balaban J connectivity index is 2.03. The molecule has 0 aliphatic heterocycles. The molecule has 1 atom stereocenters. The lowest BCUT2D eigenvalue weighted by Crippen LogP contribution is -2.28. The topological polar surface area (TPSA) is 67.5 Å². The Labute approximate surface area is 119 Å². The molecule has 0 bridgehead atoms. The van der Waals surface area contributed by atoms with Crippen LogP contribution >= 0.6 is 0 Å². The molecule has 1 unspecified atom stereocenters. The lowest BCUT2D eigenvalue weighted by Gasteiger charge is -2.34. The van der Waals surface area contributed by atoms with Crippen LogP contribution < -0.4 is 5.43 Å². The Morgan fingerprint density at radius 2 is 2.00 bits per heavy atom. The highest BCUT2D eigenvalue weighted by Crippen LogP contribution is 2.37. The predicted molar refractivity (Wildman–Crippen MR) is 81.0 cm³/mol. The van der Waals surface area contributed by atoms with Gasteiger partial charge in [-0.25, -0.2) is 0 Å². The van der Waals surface area contributed by atoms with Gasteiger partial charge in [0.1, 0.15) is 0 Å². The second kappa shape index (κ2) is 5.61. The Morgan fingerprint density at radius 1 is 1.35 bits per heavy atom. The molecule has 1 aliphatic carbocycles. The number of nitro benzene ring substituents is 1. The highest BCUT2D eigenvalue weighted by Gasteiger charge is 2.29. The highest BCUT2D eigenvalue weighted by molar-refractivity contribution is 5.86. The van der Waals surface area contributed by atoms with E-state index in [0.29, 0.717) is 11.3 Å². The number of rotatable bonds is 3. The summed E-state index contributed by atoms with van der Waals surface area (Å²) in [5.41, 5.74) is 5.35. The summed E-state index contributed by atoms with van der Waals surface area (Å²) in [6.45, 7) is 6.79. The van der Waals surface area contributed by atoms with Crippen LogP contribution in [0.4, 0.5) is 11.4 Å². The van der Waals surface area contributed by atoms with E-state index in [1.807, 2.05) is 0 Å². The predicted octanol–water partition coefficient (Wildman–Crippen LogP) is 4.21. The van der Waals surface area contributed by atoms with Crippen molar-refractivity contribution in [3.8, 4) is 0 Å². The van der Waals surface area contributed by atoms with E-state index in [-0.39, 0.29) is 5.69 Å². The van der Waals surface area contributed by atoms with Crippen LogP contribution in [0.5, 0.6) is 0 Å². The van der Waals surface area contributed by atoms with Crippen LogP contribution in [0.1, 0.15) is 40.0 Å². The van der Waals surface area contributed by atoms with E-state index >= 15 is 0 Å². The molecule has 108 valence electrons. The molecule has 5 heteroatoms. The molecule has 1 aromatic carbocycles. The van der Waals surface area contributed by atoms with Crippen LogP contribution in [-0.4, -0.2) is 10.6 Å². The summed E-state index contributed by atoms with van der Waals surface area (Å²) in [7, 11) is 0. The zero-order valence-corrected chi connectivity index (χ0v) is 12.2. The van der Waals surface area contributed by atoms with Crippen LogP contribution in [0.2, 0.25) is 0 Å². The lowest BCUT2D eigenvalue weighted by molar-refractivity contribution is -0.384. The SMILES string of the molecule is CC1C/C(=N\Nc2ccc([N+](=O)[O-])cc2)CC(C)(C)C1. The molecule has 1 fully saturated rings. The largest absolute Gasteiger partial charge is 0.279 e. The van der Waals surface area contributed by atoms with Gasteiger partial charge in [0.25, 0.3) is 5.69 Å². The maximum atomic E-state index is 10.6. The van der Waals surface area contributed by atoms with E-state index in [1.54, 1.807) is 12.1 Å². The van der Waals surface area contributed by atoms with Gasteiger partial charge in [-0.1, -0.05) is 20.8 Å². The smallest absolute Gasteiger partial charge is 0.269 e. The Morgan fingerprint density at radius 3 is 2.55 bits per heavy atom. The average Bonchev–Trinajstić information content (AvgIpc) is 2.34. The minimum absolute atomic E-state index is 0.0932. The van der Waals surface area contributed by atoms with Crippen molar-refractivity contribution in [1.82, 2.24) is 0 Å². The van der Waals surface area contributed by atoms with Crippen LogP contribution in [0.3, 0.4) is 0 Å². The number of hydrazone groups is 1. The number of nitro groups is 1. The number of benzene rings is 1. The van der Waals surface area contributed by atoms with E-state index in [0.717, 1.165) is 18.5 Å². The van der Waals surface area contributed by atoms with Gasteiger partial charge in [-0.2, -0.15) is 5.10 Å². The van der Waals surface area contributed by atoms with Gasteiger partial charge in [-0.3, -0.25) is 15.5 Å². The molecule has 0 radical (unpaired) electrons. The molecule has 0 heterocycles. The molecule has 1 saturated carbocycles. The molecule has 1 N–H and O–H groups in total. The van der Waals surface area contributed by atoms with Crippen molar-refractivity contribution in [1.29, 1.82) is 0 Å². The van der Waals surface area contributed by atoms with Crippen molar-refractivity contribution in [3.05, 3.63) is 34.4 Å². The van der Waals surface area contributed by atoms with Gasteiger partial charge in [0, 0.05) is 17.8 Å². The molecule has 0 aromatic heterocycles. The molecular weight excluding hydrogens is 254 g/mol. The fraction of sp³-hybridized carbons (Fsp3) is 0.533. The van der Waals surface area contributed by atoms with Gasteiger partial charge in [-0.05, 0) is 42.7 Å². The first kappa shape index (κ1) is 14.5. The van der Waals surface area contributed by atoms with Crippen molar-refractivity contribution in [2.45, 2.75) is 40.0 Å². The minimum Gasteiger partial charge on any atom is -0.279 e.